The molecular formula is C17H17O3. The van der Waals surface area contributed by atoms with E-state index in [0.717, 1.165) is 11.1 Å². The Balaban J connectivity index is 2.18. The molecule has 0 bridgehead atoms. The summed E-state index contributed by atoms with van der Waals surface area (Å²) in [4.78, 5) is 21.7. The van der Waals surface area contributed by atoms with E-state index in [1.165, 1.54) is 6.61 Å². The molecule has 3 heteroatoms. The minimum absolute atomic E-state index is 0.187. The zero-order valence-electron chi connectivity index (χ0n) is 11.6. The maximum Gasteiger partial charge on any atom is 0.373 e. The van der Waals surface area contributed by atoms with Gasteiger partial charge in [0, 0.05) is 0 Å². The Morgan fingerprint density at radius 2 is 1.65 bits per heavy atom. The molecule has 0 aromatic heterocycles. The first-order valence-corrected chi connectivity index (χ1v) is 6.54. The molecule has 0 aliphatic rings. The van der Waals surface area contributed by atoms with Gasteiger partial charge in [0.05, 0.1) is 5.56 Å². The third kappa shape index (κ3) is 3.68. The lowest BCUT2D eigenvalue weighted by molar-refractivity contribution is -0.217. The lowest BCUT2D eigenvalue weighted by atomic mass is 10.00. The fraction of sp³-hybridized carbons (Fsp3) is 0.176. The second-order valence-electron chi connectivity index (χ2n) is 4.76. The summed E-state index contributed by atoms with van der Waals surface area (Å²) < 4.78 is 0. The zero-order valence-corrected chi connectivity index (χ0v) is 11.6. The number of hydrogen-bond acceptors (Lipinski definition) is 3. The number of hydrogen-bond donors (Lipinski definition) is 0. The monoisotopic (exact) mass is 269 g/mol. The van der Waals surface area contributed by atoms with E-state index in [1.807, 2.05) is 56.3 Å². The molecule has 0 aliphatic heterocycles. The predicted molar refractivity (Wildman–Crippen MR) is 77.5 cm³/mol. The van der Waals surface area contributed by atoms with Crippen LogP contribution in [-0.2, 0) is 9.78 Å². The van der Waals surface area contributed by atoms with Gasteiger partial charge in [0.15, 0.2) is 0 Å². The summed E-state index contributed by atoms with van der Waals surface area (Å²) in [5.74, 6) is -0.312. The second kappa shape index (κ2) is 6.87. The highest BCUT2D eigenvalue weighted by molar-refractivity contribution is 5.96. The van der Waals surface area contributed by atoms with Crippen LogP contribution in [0.4, 0.5) is 0 Å². The Morgan fingerprint density at radius 1 is 1.00 bits per heavy atom. The van der Waals surface area contributed by atoms with Crippen molar-refractivity contribution in [2.24, 2.45) is 5.92 Å². The first kappa shape index (κ1) is 14.3. The van der Waals surface area contributed by atoms with Gasteiger partial charge in [-0.3, -0.25) is 4.89 Å². The fourth-order valence-electron chi connectivity index (χ4n) is 1.76. The van der Waals surface area contributed by atoms with Crippen LogP contribution in [0.3, 0.4) is 0 Å². The topological polar surface area (TPSA) is 35.5 Å². The number of rotatable bonds is 5. The summed E-state index contributed by atoms with van der Waals surface area (Å²) in [7, 11) is 0. The normalized spacial score (nSPS) is 10.6. The molecule has 2 rings (SSSR count). The van der Waals surface area contributed by atoms with Gasteiger partial charge in [-0.15, -0.1) is 0 Å². The summed E-state index contributed by atoms with van der Waals surface area (Å²) in [5.41, 5.74) is 2.27. The minimum atomic E-state index is -0.499. The van der Waals surface area contributed by atoms with Crippen LogP contribution in [0.25, 0.3) is 11.1 Å². The Bertz CT molecular complexity index is 561. The van der Waals surface area contributed by atoms with Crippen molar-refractivity contribution in [1.29, 1.82) is 0 Å². The van der Waals surface area contributed by atoms with Crippen LogP contribution in [-0.4, -0.2) is 5.97 Å². The maximum absolute atomic E-state index is 12.1. The molecule has 2 aromatic rings. The van der Waals surface area contributed by atoms with Crippen LogP contribution in [0, 0.1) is 12.5 Å². The van der Waals surface area contributed by atoms with E-state index in [1.54, 1.807) is 12.1 Å². The summed E-state index contributed by atoms with van der Waals surface area (Å²) >= 11 is 0. The largest absolute Gasteiger partial charge is 0.373 e. The van der Waals surface area contributed by atoms with E-state index in [-0.39, 0.29) is 5.92 Å². The van der Waals surface area contributed by atoms with E-state index >= 15 is 0 Å². The lowest BCUT2D eigenvalue weighted by Crippen LogP contribution is -2.08. The molecule has 0 aliphatic carbocycles. The van der Waals surface area contributed by atoms with Gasteiger partial charge in [-0.25, -0.2) is 4.79 Å². The van der Waals surface area contributed by atoms with Gasteiger partial charge in [0.25, 0.3) is 0 Å². The second-order valence-corrected chi connectivity index (χ2v) is 4.76. The molecule has 0 atom stereocenters. The SMILES string of the molecule is CC(C)[CH]OOC(=O)c1ccccc1-c1ccccc1. The fourth-order valence-corrected chi connectivity index (χ4v) is 1.76. The molecule has 0 heterocycles. The van der Waals surface area contributed by atoms with Crippen molar-refractivity contribution < 1.29 is 14.6 Å². The summed E-state index contributed by atoms with van der Waals surface area (Å²) in [6, 6.07) is 17.0. The van der Waals surface area contributed by atoms with Crippen LogP contribution >= 0.6 is 0 Å². The third-order valence-corrected chi connectivity index (χ3v) is 2.68. The van der Waals surface area contributed by atoms with Crippen molar-refractivity contribution in [3.05, 3.63) is 66.8 Å². The molecule has 3 nitrogen and oxygen atoms in total. The standard InChI is InChI=1S/C17H17O3/c1-13(2)12-19-20-17(18)16-11-7-6-10-15(16)14-8-4-3-5-9-14/h3-13H,1-2H3. The molecule has 0 N–H and O–H groups in total. The van der Waals surface area contributed by atoms with E-state index in [0.29, 0.717) is 5.56 Å². The molecule has 0 saturated carbocycles. The average Bonchev–Trinajstić information content (AvgIpc) is 2.47. The van der Waals surface area contributed by atoms with Gasteiger partial charge in [0.1, 0.15) is 6.61 Å². The van der Waals surface area contributed by atoms with E-state index < -0.39 is 5.97 Å². The molecule has 0 amide bonds. The summed E-state index contributed by atoms with van der Waals surface area (Å²) in [6.45, 7) is 5.35. The van der Waals surface area contributed by atoms with Crippen LogP contribution in [0.5, 0.6) is 0 Å². The highest BCUT2D eigenvalue weighted by Crippen LogP contribution is 2.24. The Morgan fingerprint density at radius 3 is 2.35 bits per heavy atom. The highest BCUT2D eigenvalue weighted by Gasteiger charge is 2.14. The molecule has 20 heavy (non-hydrogen) atoms. The maximum atomic E-state index is 12.1. The number of carbonyl (C=O) groups excluding carboxylic acids is 1. The van der Waals surface area contributed by atoms with E-state index in [4.69, 9.17) is 9.78 Å². The predicted octanol–water partition coefficient (Wildman–Crippen LogP) is 4.26. The smallest absolute Gasteiger partial charge is 0.292 e. The first-order chi connectivity index (χ1) is 9.68. The van der Waals surface area contributed by atoms with Gasteiger partial charge >= 0.3 is 5.97 Å². The van der Waals surface area contributed by atoms with Crippen molar-refractivity contribution >= 4 is 5.97 Å². The molecule has 0 spiro atoms. The number of carbonyl (C=O) groups is 1. The Labute approximate surface area is 119 Å². The van der Waals surface area contributed by atoms with Gasteiger partial charge in [-0.05, 0) is 23.1 Å². The molecular weight excluding hydrogens is 252 g/mol. The van der Waals surface area contributed by atoms with Crippen LogP contribution < -0.4 is 0 Å². The summed E-state index contributed by atoms with van der Waals surface area (Å²) in [6.07, 6.45) is 0. The zero-order chi connectivity index (χ0) is 14.4. The van der Waals surface area contributed by atoms with Gasteiger partial charge in [-0.2, -0.15) is 4.89 Å². The van der Waals surface area contributed by atoms with Crippen LogP contribution in [0.1, 0.15) is 24.2 Å². The van der Waals surface area contributed by atoms with Crippen LogP contribution in [0.2, 0.25) is 0 Å². The van der Waals surface area contributed by atoms with Crippen molar-refractivity contribution in [1.82, 2.24) is 0 Å². The van der Waals surface area contributed by atoms with Gasteiger partial charge in [-0.1, -0.05) is 62.4 Å². The first-order valence-electron chi connectivity index (χ1n) is 6.54. The summed E-state index contributed by atoms with van der Waals surface area (Å²) in [5, 5.41) is 0. The van der Waals surface area contributed by atoms with Crippen molar-refractivity contribution in [2.75, 3.05) is 0 Å². The van der Waals surface area contributed by atoms with E-state index in [9.17, 15) is 4.79 Å². The lowest BCUT2D eigenvalue weighted by Gasteiger charge is -2.09. The average molecular weight is 269 g/mol. The molecule has 0 unspecified atom stereocenters. The quantitative estimate of drug-likeness (QED) is 0.601. The Kier molecular flexibility index (Phi) is 4.91. The highest BCUT2D eigenvalue weighted by atomic mass is 17.2. The van der Waals surface area contributed by atoms with Gasteiger partial charge < -0.3 is 0 Å². The van der Waals surface area contributed by atoms with Crippen molar-refractivity contribution in [2.45, 2.75) is 13.8 Å². The van der Waals surface area contributed by atoms with E-state index in [2.05, 4.69) is 0 Å². The van der Waals surface area contributed by atoms with Gasteiger partial charge in [0.2, 0.25) is 0 Å². The third-order valence-electron chi connectivity index (χ3n) is 2.68. The van der Waals surface area contributed by atoms with Crippen molar-refractivity contribution in [3.8, 4) is 11.1 Å². The van der Waals surface area contributed by atoms with Crippen molar-refractivity contribution in [3.63, 3.8) is 0 Å². The minimum Gasteiger partial charge on any atom is -0.292 e. The molecule has 1 radical (unpaired) electrons. The molecule has 103 valence electrons. The Hall–Kier alpha value is -2.13. The van der Waals surface area contributed by atoms with Crippen LogP contribution in [0.15, 0.2) is 54.6 Å². The molecule has 2 aromatic carbocycles. The number of benzene rings is 2. The molecule has 0 saturated heterocycles. The molecule has 0 fully saturated rings.